The number of benzene rings is 8. The highest BCUT2D eigenvalue weighted by atomic mass is 14.9. The first-order chi connectivity index (χ1) is 24.8. The maximum atomic E-state index is 5.63. The second-order valence-corrected chi connectivity index (χ2v) is 12.8. The fraction of sp³-hybridized carbons (Fsp3) is 0. The van der Waals surface area contributed by atoms with E-state index in [0.29, 0.717) is 5.82 Å². The molecule has 50 heavy (non-hydrogen) atoms. The molecule has 0 unspecified atom stereocenters. The van der Waals surface area contributed by atoms with Crippen LogP contribution in [-0.2, 0) is 0 Å². The van der Waals surface area contributed by atoms with Crippen LogP contribution in [0, 0.1) is 0 Å². The number of hydrogen-bond donors (Lipinski definition) is 0. The van der Waals surface area contributed by atoms with Crippen LogP contribution in [0.4, 0.5) is 0 Å². The van der Waals surface area contributed by atoms with Crippen molar-refractivity contribution in [1.29, 1.82) is 0 Å². The topological polar surface area (TPSA) is 38.7 Å². The summed E-state index contributed by atoms with van der Waals surface area (Å²) in [5.41, 5.74) is 7.81. The molecule has 2 aromatic heterocycles. The Hall–Kier alpha value is -6.71. The maximum absolute atomic E-state index is 5.63. The Kier molecular flexibility index (Phi) is 6.49. The van der Waals surface area contributed by atoms with Crippen LogP contribution in [0.2, 0.25) is 0 Å². The molecule has 0 amide bonds. The highest BCUT2D eigenvalue weighted by Crippen LogP contribution is 2.43. The van der Waals surface area contributed by atoms with Gasteiger partial charge >= 0.3 is 0 Å². The summed E-state index contributed by atoms with van der Waals surface area (Å²) >= 11 is 0. The summed E-state index contributed by atoms with van der Waals surface area (Å²) in [6.07, 6.45) is 0. The SMILES string of the molecule is c1ccc(-c2cc(-c3ccccc3)nc(-c3cccc(-c4nc5c6ccccc6c6ccccc6c5c5ccc6ccccc6c45)c3)n2)cc1. The summed E-state index contributed by atoms with van der Waals surface area (Å²) in [7, 11) is 0. The van der Waals surface area contributed by atoms with Gasteiger partial charge in [-0.15, -0.1) is 0 Å². The molecular weight excluding hydrogens is 607 g/mol. The lowest BCUT2D eigenvalue weighted by Crippen LogP contribution is -1.97. The Morgan fingerprint density at radius 3 is 1.54 bits per heavy atom. The van der Waals surface area contributed by atoms with Crippen molar-refractivity contribution in [2.75, 3.05) is 0 Å². The van der Waals surface area contributed by atoms with Gasteiger partial charge in [-0.1, -0.05) is 164 Å². The van der Waals surface area contributed by atoms with Crippen LogP contribution in [-0.4, -0.2) is 15.0 Å². The van der Waals surface area contributed by atoms with Gasteiger partial charge in [0, 0.05) is 38.4 Å². The zero-order valence-electron chi connectivity index (χ0n) is 27.1. The van der Waals surface area contributed by atoms with Crippen molar-refractivity contribution in [3.63, 3.8) is 0 Å². The van der Waals surface area contributed by atoms with Crippen LogP contribution in [0.25, 0.3) is 99.2 Å². The Labute approximate surface area is 289 Å². The van der Waals surface area contributed by atoms with Gasteiger partial charge in [-0.3, -0.25) is 0 Å². The standard InChI is InChI=1S/C47H29N3/c1-3-15-31(16-4-1)41-29-42(32-17-5-2-6-18-32)49-47(48-41)34-20-13-19-33(28-34)45-43-35-21-8-7-14-30(35)26-27-40(43)44-38-24-11-9-22-36(38)37-23-10-12-25-39(37)46(44)50-45/h1-29H. The van der Waals surface area contributed by atoms with Crippen molar-refractivity contribution >= 4 is 54.0 Å². The molecule has 10 rings (SSSR count). The highest BCUT2D eigenvalue weighted by molar-refractivity contribution is 6.33. The van der Waals surface area contributed by atoms with E-state index in [1.165, 1.54) is 37.7 Å². The minimum Gasteiger partial charge on any atom is -0.246 e. The minimum absolute atomic E-state index is 0.679. The van der Waals surface area contributed by atoms with Gasteiger partial charge in [0.05, 0.1) is 22.6 Å². The van der Waals surface area contributed by atoms with E-state index in [2.05, 4.69) is 140 Å². The summed E-state index contributed by atoms with van der Waals surface area (Å²) in [5.74, 6) is 0.679. The van der Waals surface area contributed by atoms with Crippen LogP contribution < -0.4 is 0 Å². The molecule has 8 aromatic carbocycles. The third kappa shape index (κ3) is 4.56. The molecule has 0 spiro atoms. The smallest absolute Gasteiger partial charge is 0.160 e. The molecule has 10 aromatic rings. The van der Waals surface area contributed by atoms with Gasteiger partial charge in [0.15, 0.2) is 5.82 Å². The van der Waals surface area contributed by atoms with E-state index in [4.69, 9.17) is 15.0 Å². The predicted molar refractivity (Wildman–Crippen MR) is 209 cm³/mol. The molecule has 0 fully saturated rings. The molecule has 0 saturated heterocycles. The van der Waals surface area contributed by atoms with Gasteiger partial charge in [-0.05, 0) is 44.5 Å². The van der Waals surface area contributed by atoms with E-state index in [1.54, 1.807) is 0 Å². The van der Waals surface area contributed by atoms with Gasteiger partial charge in [-0.2, -0.15) is 0 Å². The molecule has 232 valence electrons. The quantitative estimate of drug-likeness (QED) is 0.181. The molecule has 0 aliphatic carbocycles. The van der Waals surface area contributed by atoms with Crippen molar-refractivity contribution in [2.24, 2.45) is 0 Å². The maximum Gasteiger partial charge on any atom is 0.160 e. The number of fused-ring (bicyclic) bond motifs is 10. The monoisotopic (exact) mass is 635 g/mol. The number of pyridine rings is 1. The molecule has 3 heteroatoms. The zero-order chi connectivity index (χ0) is 33.0. The third-order valence-corrected chi connectivity index (χ3v) is 9.82. The minimum atomic E-state index is 0.679. The second-order valence-electron chi connectivity index (χ2n) is 12.8. The van der Waals surface area contributed by atoms with Crippen LogP contribution in [0.5, 0.6) is 0 Å². The lowest BCUT2D eigenvalue weighted by atomic mass is 9.90. The summed E-state index contributed by atoms with van der Waals surface area (Å²) in [5, 5.41) is 10.7. The average Bonchev–Trinajstić information content (AvgIpc) is 3.21. The van der Waals surface area contributed by atoms with E-state index in [1.807, 2.05) is 36.4 Å². The van der Waals surface area contributed by atoms with Gasteiger partial charge in [-0.25, -0.2) is 15.0 Å². The van der Waals surface area contributed by atoms with Crippen molar-refractivity contribution in [3.05, 3.63) is 176 Å². The average molecular weight is 636 g/mol. The normalized spacial score (nSPS) is 11.6. The number of rotatable bonds is 4. The van der Waals surface area contributed by atoms with E-state index in [-0.39, 0.29) is 0 Å². The highest BCUT2D eigenvalue weighted by Gasteiger charge is 2.19. The largest absolute Gasteiger partial charge is 0.246 e. The van der Waals surface area contributed by atoms with Crippen molar-refractivity contribution in [1.82, 2.24) is 15.0 Å². The Bertz CT molecular complexity index is 2860. The molecule has 2 heterocycles. The van der Waals surface area contributed by atoms with Crippen LogP contribution in [0.3, 0.4) is 0 Å². The Morgan fingerprint density at radius 1 is 0.300 bits per heavy atom. The number of nitrogens with zero attached hydrogens (tertiary/aromatic N) is 3. The lowest BCUT2D eigenvalue weighted by Gasteiger charge is -2.17. The van der Waals surface area contributed by atoms with Gasteiger partial charge in [0.2, 0.25) is 0 Å². The number of hydrogen-bond acceptors (Lipinski definition) is 3. The molecule has 0 saturated carbocycles. The van der Waals surface area contributed by atoms with Gasteiger partial charge in [0.1, 0.15) is 0 Å². The fourth-order valence-electron chi connectivity index (χ4n) is 7.52. The van der Waals surface area contributed by atoms with Crippen molar-refractivity contribution in [3.8, 4) is 45.2 Å². The second kappa shape index (κ2) is 11.5. The molecular formula is C47H29N3. The lowest BCUT2D eigenvalue weighted by molar-refractivity contribution is 1.18. The summed E-state index contributed by atoms with van der Waals surface area (Å²) in [4.78, 5) is 15.9. The van der Waals surface area contributed by atoms with Crippen molar-refractivity contribution < 1.29 is 0 Å². The van der Waals surface area contributed by atoms with Crippen molar-refractivity contribution in [2.45, 2.75) is 0 Å². The molecule has 0 bridgehead atoms. The summed E-state index contributed by atoms with van der Waals surface area (Å²) in [6.45, 7) is 0. The predicted octanol–water partition coefficient (Wildman–Crippen LogP) is 12.3. The first-order valence-corrected chi connectivity index (χ1v) is 17.0. The van der Waals surface area contributed by atoms with Gasteiger partial charge < -0.3 is 0 Å². The summed E-state index contributed by atoms with van der Waals surface area (Å²) in [6, 6.07) is 61.9. The van der Waals surface area contributed by atoms with Crippen LogP contribution in [0.1, 0.15) is 0 Å². The van der Waals surface area contributed by atoms with Crippen LogP contribution >= 0.6 is 0 Å². The molecule has 0 aliphatic rings. The molecule has 3 nitrogen and oxygen atoms in total. The van der Waals surface area contributed by atoms with E-state index in [0.717, 1.165) is 55.6 Å². The van der Waals surface area contributed by atoms with E-state index in [9.17, 15) is 0 Å². The number of aromatic nitrogens is 3. The Balaban J connectivity index is 1.28. The Morgan fingerprint density at radius 2 is 0.840 bits per heavy atom. The molecule has 0 atom stereocenters. The summed E-state index contributed by atoms with van der Waals surface area (Å²) < 4.78 is 0. The molecule has 0 radical (unpaired) electrons. The third-order valence-electron chi connectivity index (χ3n) is 9.82. The molecule has 0 aliphatic heterocycles. The van der Waals surface area contributed by atoms with E-state index >= 15 is 0 Å². The zero-order valence-corrected chi connectivity index (χ0v) is 27.1. The fourth-order valence-corrected chi connectivity index (χ4v) is 7.52. The van der Waals surface area contributed by atoms with Crippen LogP contribution in [0.15, 0.2) is 176 Å². The first kappa shape index (κ1) is 28.3. The van der Waals surface area contributed by atoms with Gasteiger partial charge in [0.25, 0.3) is 0 Å². The van der Waals surface area contributed by atoms with E-state index < -0.39 is 0 Å². The first-order valence-electron chi connectivity index (χ1n) is 17.0. The molecule has 0 N–H and O–H groups in total.